The fraction of sp³-hybridized carbons (Fsp3) is 0.250. The Morgan fingerprint density at radius 3 is 2.43 bits per heavy atom. The van der Waals surface area contributed by atoms with Gasteiger partial charge in [0.1, 0.15) is 11.5 Å². The van der Waals surface area contributed by atoms with E-state index in [1.54, 1.807) is 31.2 Å². The summed E-state index contributed by atoms with van der Waals surface area (Å²) in [5.74, 6) is 0.592. The van der Waals surface area contributed by atoms with Gasteiger partial charge in [0.15, 0.2) is 0 Å². The van der Waals surface area contributed by atoms with E-state index in [0.717, 1.165) is 11.3 Å². The van der Waals surface area contributed by atoms with Gasteiger partial charge in [0.25, 0.3) is 5.91 Å². The van der Waals surface area contributed by atoms with Gasteiger partial charge in [-0.05, 0) is 39.0 Å². The molecule has 0 bridgehead atoms. The van der Waals surface area contributed by atoms with Gasteiger partial charge < -0.3 is 14.5 Å². The fourth-order valence-corrected chi connectivity index (χ4v) is 2.16. The number of rotatable bonds is 3. The van der Waals surface area contributed by atoms with Gasteiger partial charge >= 0.3 is 5.97 Å². The number of amides is 1. The zero-order chi connectivity index (χ0) is 15.6. The summed E-state index contributed by atoms with van der Waals surface area (Å²) in [5.41, 5.74) is 2.25. The smallest absolute Gasteiger partial charge is 0.337 e. The number of benzene rings is 1. The summed E-state index contributed by atoms with van der Waals surface area (Å²) in [4.78, 5) is 23.8. The molecule has 0 radical (unpaired) electrons. The molecule has 0 unspecified atom stereocenters. The maximum atomic E-state index is 12.3. The van der Waals surface area contributed by atoms with Crippen molar-refractivity contribution >= 4 is 17.6 Å². The first-order valence-corrected chi connectivity index (χ1v) is 6.50. The molecule has 1 N–H and O–H groups in total. The molecule has 1 amide bonds. The van der Waals surface area contributed by atoms with Crippen LogP contribution in [0.5, 0.6) is 0 Å². The van der Waals surface area contributed by atoms with Crippen LogP contribution in [0.3, 0.4) is 0 Å². The standard InChI is InChI=1S/C16H17NO4/c1-9-10(2)21-11(3)14(9)15(18)17-13-7-5-6-12(8-13)16(19)20-4/h5-8H,1-4H3,(H,17,18). The van der Waals surface area contributed by atoms with E-state index in [4.69, 9.17) is 4.42 Å². The molecule has 1 aromatic heterocycles. The van der Waals surface area contributed by atoms with Crippen molar-refractivity contribution in [1.29, 1.82) is 0 Å². The predicted molar refractivity (Wildman–Crippen MR) is 78.7 cm³/mol. The molecule has 0 atom stereocenters. The second-order valence-electron chi connectivity index (χ2n) is 4.74. The van der Waals surface area contributed by atoms with Gasteiger partial charge in [0.2, 0.25) is 0 Å². The van der Waals surface area contributed by atoms with Crippen molar-refractivity contribution < 1.29 is 18.7 Å². The number of ether oxygens (including phenoxy) is 1. The van der Waals surface area contributed by atoms with Crippen LogP contribution in [0.4, 0.5) is 5.69 Å². The van der Waals surface area contributed by atoms with Crippen LogP contribution < -0.4 is 5.32 Å². The molecule has 0 fully saturated rings. The number of carbonyl (C=O) groups excluding carboxylic acids is 2. The molecule has 5 nitrogen and oxygen atoms in total. The summed E-state index contributed by atoms with van der Waals surface area (Å²) < 4.78 is 10.1. The third kappa shape index (κ3) is 2.97. The number of anilines is 1. The van der Waals surface area contributed by atoms with Crippen LogP contribution in [0.25, 0.3) is 0 Å². The Hall–Kier alpha value is -2.56. The predicted octanol–water partition coefficient (Wildman–Crippen LogP) is 3.24. The van der Waals surface area contributed by atoms with E-state index in [9.17, 15) is 9.59 Å². The van der Waals surface area contributed by atoms with Crippen molar-refractivity contribution in [3.05, 3.63) is 52.5 Å². The normalized spacial score (nSPS) is 10.3. The maximum Gasteiger partial charge on any atom is 0.337 e. The Balaban J connectivity index is 2.26. The first-order chi connectivity index (χ1) is 9.93. The second kappa shape index (κ2) is 5.83. The third-order valence-electron chi connectivity index (χ3n) is 3.33. The lowest BCUT2D eigenvalue weighted by atomic mass is 10.1. The summed E-state index contributed by atoms with van der Waals surface area (Å²) in [6.45, 7) is 5.41. The van der Waals surface area contributed by atoms with Crippen LogP contribution >= 0.6 is 0 Å². The highest BCUT2D eigenvalue weighted by atomic mass is 16.5. The molecule has 2 rings (SSSR count). The molecule has 0 saturated heterocycles. The Bertz CT molecular complexity index is 700. The average Bonchev–Trinajstić information content (AvgIpc) is 2.71. The summed E-state index contributed by atoms with van der Waals surface area (Å²) in [6, 6.07) is 6.59. The highest BCUT2D eigenvalue weighted by Gasteiger charge is 2.18. The van der Waals surface area contributed by atoms with Crippen molar-refractivity contribution in [2.45, 2.75) is 20.8 Å². The van der Waals surface area contributed by atoms with E-state index in [0.29, 0.717) is 22.6 Å². The van der Waals surface area contributed by atoms with Crippen LogP contribution in [-0.2, 0) is 4.74 Å². The zero-order valence-corrected chi connectivity index (χ0v) is 12.4. The van der Waals surface area contributed by atoms with E-state index >= 15 is 0 Å². The van der Waals surface area contributed by atoms with Crippen LogP contribution in [-0.4, -0.2) is 19.0 Å². The first kappa shape index (κ1) is 14.8. The van der Waals surface area contributed by atoms with Crippen LogP contribution in [0.2, 0.25) is 0 Å². The molecule has 0 aliphatic carbocycles. The molecular formula is C16H17NO4. The van der Waals surface area contributed by atoms with Gasteiger partial charge in [-0.1, -0.05) is 6.07 Å². The van der Waals surface area contributed by atoms with Crippen molar-refractivity contribution in [2.24, 2.45) is 0 Å². The van der Waals surface area contributed by atoms with Gasteiger partial charge in [0.05, 0.1) is 18.2 Å². The minimum absolute atomic E-state index is 0.260. The molecule has 2 aromatic rings. The Morgan fingerprint density at radius 1 is 1.14 bits per heavy atom. The summed E-state index contributed by atoms with van der Waals surface area (Å²) in [5, 5.41) is 2.77. The van der Waals surface area contributed by atoms with Gasteiger partial charge in [-0.15, -0.1) is 0 Å². The number of methoxy groups -OCH3 is 1. The summed E-state index contributed by atoms with van der Waals surface area (Å²) >= 11 is 0. The number of furan rings is 1. The Labute approximate surface area is 122 Å². The quantitative estimate of drug-likeness (QED) is 0.880. The van der Waals surface area contributed by atoms with E-state index in [-0.39, 0.29) is 5.91 Å². The molecule has 1 heterocycles. The Kier molecular flexibility index (Phi) is 4.12. The summed E-state index contributed by atoms with van der Waals surface area (Å²) in [6.07, 6.45) is 0. The van der Waals surface area contributed by atoms with E-state index in [1.165, 1.54) is 7.11 Å². The first-order valence-electron chi connectivity index (χ1n) is 6.50. The molecular weight excluding hydrogens is 270 g/mol. The van der Waals surface area contributed by atoms with E-state index in [2.05, 4.69) is 10.1 Å². The fourth-order valence-electron chi connectivity index (χ4n) is 2.16. The van der Waals surface area contributed by atoms with Crippen LogP contribution in [0, 0.1) is 20.8 Å². The van der Waals surface area contributed by atoms with Crippen molar-refractivity contribution in [3.63, 3.8) is 0 Å². The topological polar surface area (TPSA) is 68.5 Å². The van der Waals surface area contributed by atoms with Crippen molar-refractivity contribution in [1.82, 2.24) is 0 Å². The van der Waals surface area contributed by atoms with Crippen LogP contribution in [0.1, 0.15) is 37.8 Å². The molecule has 0 saturated carbocycles. The Morgan fingerprint density at radius 2 is 1.86 bits per heavy atom. The van der Waals surface area contributed by atoms with Gasteiger partial charge in [-0.2, -0.15) is 0 Å². The maximum absolute atomic E-state index is 12.3. The van der Waals surface area contributed by atoms with Gasteiger partial charge in [0, 0.05) is 11.3 Å². The number of aryl methyl sites for hydroxylation is 2. The highest BCUT2D eigenvalue weighted by Crippen LogP contribution is 2.22. The molecule has 21 heavy (non-hydrogen) atoms. The minimum Gasteiger partial charge on any atom is -0.466 e. The van der Waals surface area contributed by atoms with Crippen LogP contribution in [0.15, 0.2) is 28.7 Å². The zero-order valence-electron chi connectivity index (χ0n) is 12.4. The number of nitrogens with one attached hydrogen (secondary N) is 1. The highest BCUT2D eigenvalue weighted by molar-refractivity contribution is 6.06. The molecule has 5 heteroatoms. The SMILES string of the molecule is COC(=O)c1cccc(NC(=O)c2c(C)oc(C)c2C)c1. The average molecular weight is 287 g/mol. The number of hydrogen-bond acceptors (Lipinski definition) is 4. The summed E-state index contributed by atoms with van der Waals surface area (Å²) in [7, 11) is 1.31. The van der Waals surface area contributed by atoms with Gasteiger partial charge in [-0.25, -0.2) is 4.79 Å². The second-order valence-corrected chi connectivity index (χ2v) is 4.74. The van der Waals surface area contributed by atoms with E-state index < -0.39 is 5.97 Å². The molecule has 1 aromatic carbocycles. The molecule has 0 spiro atoms. The number of hydrogen-bond donors (Lipinski definition) is 1. The van der Waals surface area contributed by atoms with E-state index in [1.807, 2.05) is 13.8 Å². The molecule has 0 aliphatic heterocycles. The monoisotopic (exact) mass is 287 g/mol. The van der Waals surface area contributed by atoms with Crippen molar-refractivity contribution in [2.75, 3.05) is 12.4 Å². The van der Waals surface area contributed by atoms with Gasteiger partial charge in [-0.3, -0.25) is 4.79 Å². The number of esters is 1. The lowest BCUT2D eigenvalue weighted by Crippen LogP contribution is -2.14. The largest absolute Gasteiger partial charge is 0.466 e. The van der Waals surface area contributed by atoms with Crippen molar-refractivity contribution in [3.8, 4) is 0 Å². The third-order valence-corrected chi connectivity index (χ3v) is 3.33. The lowest BCUT2D eigenvalue weighted by molar-refractivity contribution is 0.0600. The number of carbonyl (C=O) groups is 2. The minimum atomic E-state index is -0.447. The molecule has 0 aliphatic rings. The molecule has 110 valence electrons. The lowest BCUT2D eigenvalue weighted by Gasteiger charge is -2.07.